The highest BCUT2D eigenvalue weighted by atomic mass is 35.5. The van der Waals surface area contributed by atoms with E-state index in [1.54, 1.807) is 0 Å². The number of aryl methyl sites for hydroxylation is 1. The maximum absolute atomic E-state index is 12.1. The van der Waals surface area contributed by atoms with Crippen molar-refractivity contribution in [1.29, 1.82) is 0 Å². The average molecular weight is 302 g/mol. The average Bonchev–Trinajstić information content (AvgIpc) is 2.38. The van der Waals surface area contributed by atoms with Crippen LogP contribution in [-0.2, 0) is 22.9 Å². The number of fused-ring (bicyclic) bond motifs is 1. The monoisotopic (exact) mass is 301 g/mol. The fourth-order valence-corrected chi connectivity index (χ4v) is 4.22. The van der Waals surface area contributed by atoms with E-state index in [0.717, 1.165) is 30.5 Å². The van der Waals surface area contributed by atoms with E-state index in [1.807, 2.05) is 19.1 Å². The summed E-state index contributed by atoms with van der Waals surface area (Å²) in [6.45, 7) is 1.84. The van der Waals surface area contributed by atoms with Crippen LogP contribution in [0.15, 0.2) is 18.2 Å². The maximum Gasteiger partial charge on any atom is 0.233 e. The molecule has 0 radical (unpaired) electrons. The van der Waals surface area contributed by atoms with Gasteiger partial charge in [0, 0.05) is 5.88 Å². The van der Waals surface area contributed by atoms with Crippen LogP contribution in [0.2, 0.25) is 0 Å². The predicted molar refractivity (Wildman–Crippen MR) is 80.4 cm³/mol. The highest BCUT2D eigenvalue weighted by Crippen LogP contribution is 2.28. The summed E-state index contributed by atoms with van der Waals surface area (Å²) in [5, 5.41) is 0. The molecule has 0 amide bonds. The first-order chi connectivity index (χ1) is 9.02. The van der Waals surface area contributed by atoms with E-state index >= 15 is 0 Å². The van der Waals surface area contributed by atoms with Gasteiger partial charge >= 0.3 is 0 Å². The highest BCUT2D eigenvalue weighted by Gasteiger charge is 2.19. The Balaban J connectivity index is 2.19. The van der Waals surface area contributed by atoms with E-state index in [9.17, 15) is 8.42 Å². The van der Waals surface area contributed by atoms with E-state index in [4.69, 9.17) is 11.6 Å². The van der Waals surface area contributed by atoms with Crippen molar-refractivity contribution in [2.45, 2.75) is 32.6 Å². The fourth-order valence-electron chi connectivity index (χ4n) is 2.51. The van der Waals surface area contributed by atoms with Gasteiger partial charge in [0.2, 0.25) is 10.0 Å². The van der Waals surface area contributed by atoms with Crippen LogP contribution >= 0.6 is 11.6 Å². The van der Waals surface area contributed by atoms with Gasteiger partial charge in [-0.05, 0) is 48.8 Å². The molecule has 0 aliphatic heterocycles. The van der Waals surface area contributed by atoms with Gasteiger partial charge in [-0.25, -0.2) is 8.42 Å². The number of rotatable bonds is 5. The zero-order valence-electron chi connectivity index (χ0n) is 11.2. The quantitative estimate of drug-likeness (QED) is 0.849. The summed E-state index contributed by atoms with van der Waals surface area (Å²) in [6.07, 6.45) is 4.32. The second-order valence-corrected chi connectivity index (χ2v) is 7.37. The Hall–Kier alpha value is -0.740. The molecule has 1 unspecified atom stereocenters. The summed E-state index contributed by atoms with van der Waals surface area (Å²) in [6, 6.07) is 5.87. The van der Waals surface area contributed by atoms with Gasteiger partial charge in [-0.1, -0.05) is 19.1 Å². The van der Waals surface area contributed by atoms with Crippen molar-refractivity contribution in [3.63, 3.8) is 0 Å². The van der Waals surface area contributed by atoms with E-state index in [0.29, 0.717) is 5.88 Å². The van der Waals surface area contributed by atoms with Crippen LogP contribution in [0.25, 0.3) is 0 Å². The van der Waals surface area contributed by atoms with Gasteiger partial charge in [0.15, 0.2) is 0 Å². The Morgan fingerprint density at radius 3 is 2.79 bits per heavy atom. The Bertz CT molecular complexity index is 542. The summed E-state index contributed by atoms with van der Waals surface area (Å²) in [7, 11) is -3.31. The lowest BCUT2D eigenvalue weighted by atomic mass is 9.91. The number of alkyl halides is 1. The molecule has 5 heteroatoms. The summed E-state index contributed by atoms with van der Waals surface area (Å²) in [5.74, 6) is 0.382. The van der Waals surface area contributed by atoms with E-state index in [2.05, 4.69) is 10.8 Å². The van der Waals surface area contributed by atoms with Crippen LogP contribution in [0, 0.1) is 5.92 Å². The zero-order chi connectivity index (χ0) is 13.9. The van der Waals surface area contributed by atoms with Gasteiger partial charge in [-0.3, -0.25) is 4.72 Å². The highest BCUT2D eigenvalue weighted by molar-refractivity contribution is 7.92. The molecular weight excluding hydrogens is 282 g/mol. The first kappa shape index (κ1) is 14.7. The molecule has 0 saturated heterocycles. The lowest BCUT2D eigenvalue weighted by Crippen LogP contribution is -2.23. The van der Waals surface area contributed by atoms with Gasteiger partial charge in [0.25, 0.3) is 0 Å². The van der Waals surface area contributed by atoms with Crippen LogP contribution in [0.3, 0.4) is 0 Å². The van der Waals surface area contributed by atoms with Crippen LogP contribution in [-0.4, -0.2) is 20.1 Å². The number of hydrogen-bond acceptors (Lipinski definition) is 2. The van der Waals surface area contributed by atoms with Crippen molar-refractivity contribution < 1.29 is 8.42 Å². The molecule has 0 fully saturated rings. The molecule has 106 valence electrons. The zero-order valence-corrected chi connectivity index (χ0v) is 12.7. The maximum atomic E-state index is 12.1. The van der Waals surface area contributed by atoms with Crippen LogP contribution in [0.5, 0.6) is 0 Å². The number of sulfonamides is 1. The molecule has 0 spiro atoms. The van der Waals surface area contributed by atoms with Crippen molar-refractivity contribution in [1.82, 2.24) is 0 Å². The van der Waals surface area contributed by atoms with Crippen molar-refractivity contribution in [3.8, 4) is 0 Å². The van der Waals surface area contributed by atoms with Gasteiger partial charge in [-0.2, -0.15) is 0 Å². The van der Waals surface area contributed by atoms with Crippen molar-refractivity contribution >= 4 is 27.3 Å². The van der Waals surface area contributed by atoms with Crippen LogP contribution in [0.4, 0.5) is 5.69 Å². The van der Waals surface area contributed by atoms with Gasteiger partial charge < -0.3 is 0 Å². The molecule has 0 bridgehead atoms. The Kier molecular flexibility index (Phi) is 4.74. The molecule has 19 heavy (non-hydrogen) atoms. The molecule has 0 saturated carbocycles. The van der Waals surface area contributed by atoms with E-state index in [-0.39, 0.29) is 11.7 Å². The standard InChI is InChI=1S/C14H20ClNO2S/c1-11(9-15)10-19(17,18)16-14-8-4-6-12-5-2-3-7-13(12)14/h4,6,8,11,16H,2-3,5,7,9-10H2,1H3. The van der Waals surface area contributed by atoms with Crippen LogP contribution < -0.4 is 4.72 Å². The molecule has 1 aliphatic carbocycles. The molecule has 2 rings (SSSR count). The first-order valence-corrected chi connectivity index (χ1v) is 8.88. The fraction of sp³-hybridized carbons (Fsp3) is 0.571. The van der Waals surface area contributed by atoms with Crippen molar-refractivity contribution in [2.75, 3.05) is 16.4 Å². The second-order valence-electron chi connectivity index (χ2n) is 5.29. The molecule has 1 N–H and O–H groups in total. The summed E-state index contributed by atoms with van der Waals surface area (Å²) in [5.41, 5.74) is 3.19. The third-order valence-electron chi connectivity index (χ3n) is 3.43. The van der Waals surface area contributed by atoms with Crippen LogP contribution in [0.1, 0.15) is 30.9 Å². The largest absolute Gasteiger partial charge is 0.283 e. The summed E-state index contributed by atoms with van der Waals surface area (Å²) < 4.78 is 26.9. The number of hydrogen-bond donors (Lipinski definition) is 1. The molecule has 1 aromatic rings. The van der Waals surface area contributed by atoms with Gasteiger partial charge in [-0.15, -0.1) is 11.6 Å². The summed E-state index contributed by atoms with van der Waals surface area (Å²) in [4.78, 5) is 0. The lowest BCUT2D eigenvalue weighted by molar-refractivity contribution is 0.588. The summed E-state index contributed by atoms with van der Waals surface area (Å²) >= 11 is 5.68. The van der Waals surface area contributed by atoms with Crippen molar-refractivity contribution in [3.05, 3.63) is 29.3 Å². The predicted octanol–water partition coefficient (Wildman–Crippen LogP) is 3.18. The molecule has 1 aliphatic rings. The van der Waals surface area contributed by atoms with E-state index < -0.39 is 10.0 Å². The minimum Gasteiger partial charge on any atom is -0.283 e. The molecular formula is C14H20ClNO2S. The Labute approximate surface area is 120 Å². The van der Waals surface area contributed by atoms with Gasteiger partial charge in [0.05, 0.1) is 11.4 Å². The van der Waals surface area contributed by atoms with Crippen molar-refractivity contribution in [2.24, 2.45) is 5.92 Å². The number of halogens is 1. The SMILES string of the molecule is CC(CCl)CS(=O)(=O)Nc1cccc2c1CCCC2. The third kappa shape index (κ3) is 3.86. The smallest absolute Gasteiger partial charge is 0.233 e. The Morgan fingerprint density at radius 1 is 1.32 bits per heavy atom. The molecule has 0 aromatic heterocycles. The molecule has 3 nitrogen and oxygen atoms in total. The topological polar surface area (TPSA) is 46.2 Å². The third-order valence-corrected chi connectivity index (χ3v) is 5.49. The minimum absolute atomic E-state index is 0.0429. The normalized spacial score (nSPS) is 16.7. The number of nitrogens with one attached hydrogen (secondary N) is 1. The van der Waals surface area contributed by atoms with E-state index in [1.165, 1.54) is 12.0 Å². The first-order valence-electron chi connectivity index (χ1n) is 6.69. The molecule has 0 heterocycles. The second kappa shape index (κ2) is 6.14. The van der Waals surface area contributed by atoms with Gasteiger partial charge in [0.1, 0.15) is 0 Å². The molecule has 1 aromatic carbocycles. The molecule has 1 atom stereocenters. The minimum atomic E-state index is -3.31. The number of benzene rings is 1. The Morgan fingerprint density at radius 2 is 2.05 bits per heavy atom. The lowest BCUT2D eigenvalue weighted by Gasteiger charge is -2.20. The number of anilines is 1.